The number of carbonyl (C=O) groups is 1. The molecule has 1 saturated heterocycles. The summed E-state index contributed by atoms with van der Waals surface area (Å²) < 4.78 is 5.59. The van der Waals surface area contributed by atoms with Crippen molar-refractivity contribution in [1.82, 2.24) is 14.8 Å². The Balaban J connectivity index is 0.00000306. The molecule has 2 aromatic rings. The summed E-state index contributed by atoms with van der Waals surface area (Å²) in [6.07, 6.45) is 4.32. The maximum absolute atomic E-state index is 13.2. The van der Waals surface area contributed by atoms with Gasteiger partial charge in [0, 0.05) is 30.7 Å². The van der Waals surface area contributed by atoms with Crippen LogP contribution in [0.15, 0.2) is 24.3 Å². The molecule has 33 heavy (non-hydrogen) atoms. The Hall–Kier alpha value is -1.98. The standard InChI is InChI=1S/C27H39N3O2.ClH/c1-6-13-29-14-12-27(20-10-9-11-22(15-20)32-5)17-24-23(16-21(27)18-29)19(4)25(28-24)26(31)30(7-2)8-3;/h9-11,15,21,28H,6-8,12-14,16-18H2,1-5H3;1H/t21-,27+;/m0./s1. The lowest BCUT2D eigenvalue weighted by atomic mass is 9.58. The van der Waals surface area contributed by atoms with Gasteiger partial charge in [-0.15, -0.1) is 12.4 Å². The van der Waals surface area contributed by atoms with Gasteiger partial charge in [0.15, 0.2) is 0 Å². The Morgan fingerprint density at radius 3 is 2.70 bits per heavy atom. The zero-order valence-electron chi connectivity index (χ0n) is 20.9. The molecule has 0 radical (unpaired) electrons. The highest BCUT2D eigenvalue weighted by atomic mass is 35.5. The molecule has 1 aromatic heterocycles. The van der Waals surface area contributed by atoms with Crippen molar-refractivity contribution in [3.05, 3.63) is 52.3 Å². The highest BCUT2D eigenvalue weighted by Crippen LogP contribution is 2.49. The minimum atomic E-state index is 0. The number of nitrogens with one attached hydrogen (secondary N) is 1. The van der Waals surface area contributed by atoms with E-state index in [9.17, 15) is 4.79 Å². The molecule has 2 atom stereocenters. The van der Waals surface area contributed by atoms with Gasteiger partial charge in [-0.1, -0.05) is 19.1 Å². The number of fused-ring (bicyclic) bond motifs is 2. The van der Waals surface area contributed by atoms with E-state index in [4.69, 9.17) is 4.74 Å². The van der Waals surface area contributed by atoms with Crippen LogP contribution in [0.5, 0.6) is 5.75 Å². The molecule has 6 heteroatoms. The number of halogens is 1. The van der Waals surface area contributed by atoms with Crippen LogP contribution in [-0.2, 0) is 18.3 Å². The maximum atomic E-state index is 13.2. The molecule has 1 aliphatic heterocycles. The van der Waals surface area contributed by atoms with Crippen molar-refractivity contribution < 1.29 is 9.53 Å². The first-order valence-electron chi connectivity index (χ1n) is 12.3. The van der Waals surface area contributed by atoms with E-state index in [2.05, 4.69) is 41.9 Å². The number of H-pyrrole nitrogens is 1. The van der Waals surface area contributed by atoms with Gasteiger partial charge in [0.05, 0.1) is 7.11 Å². The van der Waals surface area contributed by atoms with Gasteiger partial charge in [-0.05, 0) is 94.3 Å². The van der Waals surface area contributed by atoms with Crippen molar-refractivity contribution >= 4 is 18.3 Å². The summed E-state index contributed by atoms with van der Waals surface area (Å²) in [5.41, 5.74) is 6.06. The third-order valence-corrected chi connectivity index (χ3v) is 7.99. The number of carbonyl (C=O) groups excluding carboxylic acids is 1. The maximum Gasteiger partial charge on any atom is 0.270 e. The van der Waals surface area contributed by atoms with Gasteiger partial charge in [-0.3, -0.25) is 4.79 Å². The van der Waals surface area contributed by atoms with Gasteiger partial charge in [0.1, 0.15) is 11.4 Å². The topological polar surface area (TPSA) is 48.6 Å². The normalized spacial score (nSPS) is 22.2. The first-order chi connectivity index (χ1) is 15.5. The molecule has 0 bridgehead atoms. The number of likely N-dealkylation sites (tertiary alicyclic amines) is 1. The molecule has 1 aromatic carbocycles. The lowest BCUT2D eigenvalue weighted by molar-refractivity contribution is 0.0766. The molecule has 4 rings (SSSR count). The molecule has 0 saturated carbocycles. The van der Waals surface area contributed by atoms with Crippen LogP contribution < -0.4 is 4.74 Å². The number of piperidine rings is 1. The smallest absolute Gasteiger partial charge is 0.270 e. The van der Waals surface area contributed by atoms with Crippen LogP contribution in [-0.4, -0.2) is 60.5 Å². The van der Waals surface area contributed by atoms with Gasteiger partial charge >= 0.3 is 0 Å². The summed E-state index contributed by atoms with van der Waals surface area (Å²) in [7, 11) is 1.75. The van der Waals surface area contributed by atoms with Gasteiger partial charge in [0.2, 0.25) is 0 Å². The quantitative estimate of drug-likeness (QED) is 0.615. The predicted octanol–water partition coefficient (Wildman–Crippen LogP) is 5.00. The zero-order chi connectivity index (χ0) is 22.9. The van der Waals surface area contributed by atoms with Crippen LogP contribution in [0, 0.1) is 12.8 Å². The Labute approximate surface area is 205 Å². The summed E-state index contributed by atoms with van der Waals surface area (Å²) in [5, 5.41) is 0. The van der Waals surface area contributed by atoms with Gasteiger partial charge in [-0.2, -0.15) is 0 Å². The van der Waals surface area contributed by atoms with Crippen molar-refractivity contribution in [1.29, 1.82) is 0 Å². The van der Waals surface area contributed by atoms with Crippen molar-refractivity contribution in [3.63, 3.8) is 0 Å². The van der Waals surface area contributed by atoms with E-state index in [-0.39, 0.29) is 23.7 Å². The van der Waals surface area contributed by atoms with Crippen molar-refractivity contribution in [3.8, 4) is 5.75 Å². The van der Waals surface area contributed by atoms with Gasteiger partial charge in [-0.25, -0.2) is 0 Å². The second-order valence-electron chi connectivity index (χ2n) is 9.58. The van der Waals surface area contributed by atoms with Crippen molar-refractivity contribution in [2.24, 2.45) is 5.92 Å². The third-order valence-electron chi connectivity index (χ3n) is 7.99. The summed E-state index contributed by atoms with van der Waals surface area (Å²) in [4.78, 5) is 21.4. The number of ether oxygens (including phenoxy) is 1. The highest BCUT2D eigenvalue weighted by molar-refractivity contribution is 5.94. The lowest BCUT2D eigenvalue weighted by Crippen LogP contribution is -2.53. The number of amides is 1. The van der Waals surface area contributed by atoms with Crippen molar-refractivity contribution in [2.75, 3.05) is 39.8 Å². The minimum absolute atomic E-state index is 0. The number of hydrogen-bond donors (Lipinski definition) is 1. The lowest BCUT2D eigenvalue weighted by Gasteiger charge is -2.51. The van der Waals surface area contributed by atoms with E-state index in [0.717, 1.165) is 69.0 Å². The Morgan fingerprint density at radius 2 is 2.03 bits per heavy atom. The average Bonchev–Trinajstić information content (AvgIpc) is 3.13. The second kappa shape index (κ2) is 10.5. The number of benzene rings is 1. The molecule has 5 nitrogen and oxygen atoms in total. The van der Waals surface area contributed by atoms with Crippen molar-refractivity contribution in [2.45, 2.75) is 58.8 Å². The van der Waals surface area contributed by atoms with Crippen LogP contribution in [0.2, 0.25) is 0 Å². The highest BCUT2D eigenvalue weighted by Gasteiger charge is 2.48. The van der Waals surface area contributed by atoms with Crippen LogP contribution >= 0.6 is 12.4 Å². The largest absolute Gasteiger partial charge is 0.497 e. The average molecular weight is 474 g/mol. The summed E-state index contributed by atoms with van der Waals surface area (Å²) in [6.45, 7) is 13.4. The summed E-state index contributed by atoms with van der Waals surface area (Å²) >= 11 is 0. The first-order valence-corrected chi connectivity index (χ1v) is 12.3. The number of methoxy groups -OCH3 is 1. The van der Waals surface area contributed by atoms with Gasteiger partial charge < -0.3 is 19.5 Å². The first kappa shape index (κ1) is 25.6. The molecule has 1 fully saturated rings. The zero-order valence-corrected chi connectivity index (χ0v) is 21.7. The molecule has 2 aliphatic rings. The van der Waals surface area contributed by atoms with E-state index in [1.54, 1.807) is 7.11 Å². The predicted molar refractivity (Wildman–Crippen MR) is 137 cm³/mol. The molecular weight excluding hydrogens is 434 g/mol. The molecular formula is C27H40ClN3O2. The molecule has 1 N–H and O–H groups in total. The number of nitrogens with zero attached hydrogens (tertiary/aromatic N) is 2. The van der Waals surface area contributed by atoms with E-state index in [1.165, 1.54) is 23.2 Å². The van der Waals surface area contributed by atoms with Crippen LogP contribution in [0.4, 0.5) is 0 Å². The third kappa shape index (κ3) is 4.54. The molecule has 1 amide bonds. The van der Waals surface area contributed by atoms with E-state index in [0.29, 0.717) is 5.92 Å². The van der Waals surface area contributed by atoms with Crippen LogP contribution in [0.1, 0.15) is 66.5 Å². The number of hydrogen-bond acceptors (Lipinski definition) is 3. The van der Waals surface area contributed by atoms with E-state index in [1.807, 2.05) is 24.8 Å². The van der Waals surface area contributed by atoms with Gasteiger partial charge in [0.25, 0.3) is 5.91 Å². The fourth-order valence-electron chi connectivity index (χ4n) is 6.14. The van der Waals surface area contributed by atoms with Crippen LogP contribution in [0.3, 0.4) is 0 Å². The fraction of sp³-hybridized carbons (Fsp3) is 0.593. The molecule has 182 valence electrons. The number of aromatic amines is 1. The van der Waals surface area contributed by atoms with E-state index < -0.39 is 0 Å². The Kier molecular flexibility index (Phi) is 8.17. The molecule has 2 heterocycles. The molecule has 0 unspecified atom stereocenters. The van der Waals surface area contributed by atoms with Crippen LogP contribution in [0.25, 0.3) is 0 Å². The second-order valence-corrected chi connectivity index (χ2v) is 9.58. The number of aromatic nitrogens is 1. The number of rotatable bonds is 7. The monoisotopic (exact) mass is 473 g/mol. The fourth-order valence-corrected chi connectivity index (χ4v) is 6.14. The minimum Gasteiger partial charge on any atom is -0.497 e. The molecule has 1 aliphatic carbocycles. The Morgan fingerprint density at radius 1 is 1.27 bits per heavy atom. The van der Waals surface area contributed by atoms with E-state index >= 15 is 0 Å². The SMILES string of the molecule is CCCN1CC[C@]2(c3cccc(OC)c3)Cc3[nH]c(C(=O)N(CC)CC)c(C)c3C[C@H]2C1.Cl. The molecule has 0 spiro atoms. The Bertz CT molecular complexity index is 968. The summed E-state index contributed by atoms with van der Waals surface area (Å²) in [5.74, 6) is 1.60. The summed E-state index contributed by atoms with van der Waals surface area (Å²) in [6, 6.07) is 8.69.